The maximum Gasteiger partial charge on any atom is 0.416 e. The summed E-state index contributed by atoms with van der Waals surface area (Å²) in [6.07, 6.45) is -9.63. The highest BCUT2D eigenvalue weighted by molar-refractivity contribution is 6.29. The van der Waals surface area contributed by atoms with E-state index < -0.39 is 47.3 Å². The number of benzene rings is 1. The van der Waals surface area contributed by atoms with E-state index in [4.69, 9.17) is 16.3 Å². The first-order chi connectivity index (χ1) is 13.4. The van der Waals surface area contributed by atoms with Gasteiger partial charge in [-0.05, 0) is 30.7 Å². The summed E-state index contributed by atoms with van der Waals surface area (Å²) < 4.78 is 83.6. The molecule has 29 heavy (non-hydrogen) atoms. The van der Waals surface area contributed by atoms with E-state index in [-0.39, 0.29) is 23.5 Å². The van der Waals surface area contributed by atoms with E-state index >= 15 is 0 Å². The van der Waals surface area contributed by atoms with Crippen molar-refractivity contribution >= 4 is 17.7 Å². The fourth-order valence-electron chi connectivity index (χ4n) is 2.92. The van der Waals surface area contributed by atoms with Crippen LogP contribution < -0.4 is 0 Å². The first-order valence-corrected chi connectivity index (χ1v) is 8.47. The van der Waals surface area contributed by atoms with Crippen molar-refractivity contribution in [3.8, 4) is 0 Å². The van der Waals surface area contributed by atoms with Gasteiger partial charge < -0.3 is 4.74 Å². The van der Waals surface area contributed by atoms with Crippen LogP contribution in [0.2, 0.25) is 5.15 Å². The second kappa shape index (κ2) is 7.36. The van der Waals surface area contributed by atoms with Crippen LogP contribution in [0, 0.1) is 0 Å². The second-order valence-electron chi connectivity index (χ2n) is 6.31. The van der Waals surface area contributed by atoms with Gasteiger partial charge in [-0.15, -0.1) is 0 Å². The maximum atomic E-state index is 13.1. The molecule has 0 radical (unpaired) electrons. The van der Waals surface area contributed by atoms with Gasteiger partial charge in [-0.3, -0.25) is 9.88 Å². The van der Waals surface area contributed by atoms with Crippen LogP contribution in [0.15, 0.2) is 30.6 Å². The Morgan fingerprint density at radius 2 is 1.59 bits per heavy atom. The molecule has 1 aliphatic rings. The van der Waals surface area contributed by atoms with Crippen molar-refractivity contribution in [2.24, 2.45) is 0 Å². The predicted molar refractivity (Wildman–Crippen MR) is 87.7 cm³/mol. The highest BCUT2D eigenvalue weighted by atomic mass is 35.5. The number of hydrogen-bond donors (Lipinski definition) is 0. The summed E-state index contributed by atoms with van der Waals surface area (Å²) in [6.45, 7) is 1.27. The Labute approximate surface area is 165 Å². The van der Waals surface area contributed by atoms with Gasteiger partial charge in [0.1, 0.15) is 6.10 Å². The van der Waals surface area contributed by atoms with Gasteiger partial charge in [0, 0.05) is 12.4 Å². The number of carbonyl (C=O) groups is 1. The zero-order valence-electron chi connectivity index (χ0n) is 14.6. The zero-order valence-corrected chi connectivity index (χ0v) is 15.3. The molecule has 1 amide bonds. The van der Waals surface area contributed by atoms with Crippen molar-refractivity contribution < 1.29 is 35.9 Å². The number of nitrogens with zero attached hydrogens (tertiary/aromatic N) is 3. The first-order valence-electron chi connectivity index (χ1n) is 8.10. The Morgan fingerprint density at radius 3 is 2.10 bits per heavy atom. The molecule has 0 N–H and O–H groups in total. The van der Waals surface area contributed by atoms with Crippen molar-refractivity contribution in [1.82, 2.24) is 14.9 Å². The molecule has 2 atom stereocenters. The molecular weight excluding hydrogens is 428 g/mol. The van der Waals surface area contributed by atoms with Crippen LogP contribution in [0.25, 0.3) is 0 Å². The molecule has 1 fully saturated rings. The van der Waals surface area contributed by atoms with E-state index in [1.54, 1.807) is 0 Å². The smallest absolute Gasteiger partial charge is 0.416 e. The number of amides is 1. The zero-order chi connectivity index (χ0) is 21.6. The Bertz CT molecular complexity index is 902. The molecule has 2 aromatic rings. The van der Waals surface area contributed by atoms with Crippen LogP contribution in [0.5, 0.6) is 0 Å². The van der Waals surface area contributed by atoms with Crippen LogP contribution in [-0.2, 0) is 23.6 Å². The number of alkyl halides is 6. The topological polar surface area (TPSA) is 55.3 Å². The lowest BCUT2D eigenvalue weighted by Crippen LogP contribution is -2.32. The number of aromatic nitrogens is 2. The van der Waals surface area contributed by atoms with Gasteiger partial charge in [-0.1, -0.05) is 11.6 Å². The van der Waals surface area contributed by atoms with Gasteiger partial charge in [0.05, 0.1) is 29.4 Å². The van der Waals surface area contributed by atoms with Gasteiger partial charge >= 0.3 is 18.4 Å². The fraction of sp³-hybridized carbons (Fsp3) is 0.353. The molecule has 2 unspecified atom stereocenters. The summed E-state index contributed by atoms with van der Waals surface area (Å²) in [6, 6.07) is 0.220. The van der Waals surface area contributed by atoms with E-state index in [2.05, 4.69) is 9.97 Å². The quantitative estimate of drug-likeness (QED) is 0.613. The van der Waals surface area contributed by atoms with Gasteiger partial charge in [-0.25, -0.2) is 9.78 Å². The molecule has 2 heterocycles. The van der Waals surface area contributed by atoms with Crippen LogP contribution in [-0.4, -0.2) is 27.0 Å². The monoisotopic (exact) mass is 439 g/mol. The molecule has 5 nitrogen and oxygen atoms in total. The van der Waals surface area contributed by atoms with Crippen molar-refractivity contribution in [3.05, 3.63) is 58.1 Å². The summed E-state index contributed by atoms with van der Waals surface area (Å²) >= 11 is 5.89. The summed E-state index contributed by atoms with van der Waals surface area (Å²) in [5.41, 5.74) is -3.18. The molecule has 0 spiro atoms. The summed E-state index contributed by atoms with van der Waals surface area (Å²) in [5, 5.41) is 0.00868. The van der Waals surface area contributed by atoms with E-state index in [9.17, 15) is 31.1 Å². The van der Waals surface area contributed by atoms with Gasteiger partial charge in [-0.2, -0.15) is 26.3 Å². The summed E-state index contributed by atoms with van der Waals surface area (Å²) in [7, 11) is 0. The van der Waals surface area contributed by atoms with E-state index in [1.165, 1.54) is 19.3 Å². The van der Waals surface area contributed by atoms with Gasteiger partial charge in [0.15, 0.2) is 5.15 Å². The third kappa shape index (κ3) is 4.39. The normalized spacial score (nSPS) is 20.1. The molecule has 1 aliphatic heterocycles. The van der Waals surface area contributed by atoms with E-state index in [1.807, 2.05) is 0 Å². The number of cyclic esters (lactones) is 1. The third-order valence-electron chi connectivity index (χ3n) is 4.37. The van der Waals surface area contributed by atoms with Crippen LogP contribution in [0.3, 0.4) is 0 Å². The number of rotatable bonds is 3. The highest BCUT2D eigenvalue weighted by Crippen LogP contribution is 2.41. The second-order valence-corrected chi connectivity index (χ2v) is 6.66. The van der Waals surface area contributed by atoms with Gasteiger partial charge in [0.25, 0.3) is 0 Å². The predicted octanol–water partition coefficient (Wildman–Crippen LogP) is 5.25. The lowest BCUT2D eigenvalue weighted by atomic mass is 9.97. The minimum absolute atomic E-state index is 0.00868. The van der Waals surface area contributed by atoms with Crippen molar-refractivity contribution in [1.29, 1.82) is 0 Å². The van der Waals surface area contributed by atoms with E-state index in [0.29, 0.717) is 12.1 Å². The molecule has 1 aromatic carbocycles. The molecule has 1 saturated heterocycles. The first kappa shape index (κ1) is 21.2. The molecule has 12 heteroatoms. The standard InChI is InChI=1S/C17H12ClF6N3O2/c1-8-13(29-15(28)27(8)7-12-14(18)26-3-2-25-12)9-4-10(16(19,20)21)6-11(5-9)17(22,23)24/h2-6,8,13H,7H2,1H3. The maximum absolute atomic E-state index is 13.1. The molecule has 0 bridgehead atoms. The SMILES string of the molecule is CC1C(c2cc(C(F)(F)F)cc(C(F)(F)F)c2)OC(=O)N1Cc1nccnc1Cl. The number of hydrogen-bond acceptors (Lipinski definition) is 4. The Kier molecular flexibility index (Phi) is 5.37. The lowest BCUT2D eigenvalue weighted by molar-refractivity contribution is -0.143. The van der Waals surface area contributed by atoms with Crippen LogP contribution in [0.1, 0.15) is 35.4 Å². The highest BCUT2D eigenvalue weighted by Gasteiger charge is 2.43. The Morgan fingerprint density at radius 1 is 1.03 bits per heavy atom. The largest absolute Gasteiger partial charge is 0.439 e. The molecular formula is C17H12ClF6N3O2. The fourth-order valence-corrected chi connectivity index (χ4v) is 3.08. The van der Waals surface area contributed by atoms with Gasteiger partial charge in [0.2, 0.25) is 0 Å². The average Bonchev–Trinajstić information content (AvgIpc) is 2.90. The third-order valence-corrected chi connectivity index (χ3v) is 4.69. The Balaban J connectivity index is 1.96. The summed E-state index contributed by atoms with van der Waals surface area (Å²) in [5.74, 6) is 0. The minimum atomic E-state index is -5.01. The minimum Gasteiger partial charge on any atom is -0.439 e. The van der Waals surface area contributed by atoms with Crippen molar-refractivity contribution in [3.63, 3.8) is 0 Å². The molecule has 156 valence electrons. The van der Waals surface area contributed by atoms with Crippen LogP contribution >= 0.6 is 11.6 Å². The van der Waals surface area contributed by atoms with Crippen molar-refractivity contribution in [2.75, 3.05) is 0 Å². The van der Waals surface area contributed by atoms with Crippen LogP contribution in [0.4, 0.5) is 31.1 Å². The number of halogens is 7. The summed E-state index contributed by atoms with van der Waals surface area (Å²) in [4.78, 5) is 21.1. The molecule has 0 aliphatic carbocycles. The van der Waals surface area contributed by atoms with Crippen molar-refractivity contribution in [2.45, 2.75) is 38.0 Å². The number of carbonyl (C=O) groups excluding carboxylic acids is 1. The van der Waals surface area contributed by atoms with E-state index in [0.717, 1.165) is 4.90 Å². The molecule has 3 rings (SSSR count). The molecule has 0 saturated carbocycles. The molecule has 1 aromatic heterocycles. The lowest BCUT2D eigenvalue weighted by Gasteiger charge is -2.22. The Hall–Kier alpha value is -2.56. The number of ether oxygens (including phenoxy) is 1. The average molecular weight is 440 g/mol.